The van der Waals surface area contributed by atoms with E-state index in [1.807, 2.05) is 31.2 Å². The van der Waals surface area contributed by atoms with Gasteiger partial charge >= 0.3 is 0 Å². The first-order valence-electron chi connectivity index (χ1n) is 5.29. The Bertz CT molecular complexity index is 418. The van der Waals surface area contributed by atoms with E-state index in [9.17, 15) is 9.59 Å². The fraction of sp³-hybridized carbons (Fsp3) is 0.333. The van der Waals surface area contributed by atoms with Gasteiger partial charge in [0.25, 0.3) is 0 Å². The predicted molar refractivity (Wildman–Crippen MR) is 63.1 cm³/mol. The number of hydrogen-bond acceptors (Lipinski definition) is 3. The maximum Gasteiger partial charge on any atom is 0.248 e. The summed E-state index contributed by atoms with van der Waals surface area (Å²) >= 11 is 0. The first kappa shape index (κ1) is 13.2. The van der Waals surface area contributed by atoms with Crippen molar-refractivity contribution in [1.82, 2.24) is 5.32 Å². The van der Waals surface area contributed by atoms with Gasteiger partial charge in [-0.2, -0.15) is 0 Å². The summed E-state index contributed by atoms with van der Waals surface area (Å²) in [4.78, 5) is 22.1. The molecule has 0 aromatic heterocycles. The summed E-state index contributed by atoms with van der Waals surface area (Å²) in [6.07, 6.45) is -1.12. The van der Waals surface area contributed by atoms with Crippen molar-refractivity contribution in [2.24, 2.45) is 5.73 Å². The Balaban J connectivity index is 2.46. The Labute approximate surface area is 99.6 Å². The van der Waals surface area contributed by atoms with Crippen molar-refractivity contribution in [1.29, 1.82) is 0 Å². The molecule has 5 nitrogen and oxygen atoms in total. The Morgan fingerprint density at radius 3 is 2.65 bits per heavy atom. The van der Waals surface area contributed by atoms with E-state index < -0.39 is 12.0 Å². The molecule has 0 aliphatic rings. The van der Waals surface area contributed by atoms with Crippen molar-refractivity contribution in [3.63, 3.8) is 0 Å². The number of hydrogen-bond donors (Lipinski definition) is 3. The molecule has 0 saturated carbocycles. The maximum absolute atomic E-state index is 11.5. The summed E-state index contributed by atoms with van der Waals surface area (Å²) in [7, 11) is 0. The van der Waals surface area contributed by atoms with Crippen molar-refractivity contribution >= 4 is 11.8 Å². The van der Waals surface area contributed by atoms with Gasteiger partial charge in [0.1, 0.15) is 6.10 Å². The number of primary amides is 1. The van der Waals surface area contributed by atoms with Crippen LogP contribution >= 0.6 is 0 Å². The Morgan fingerprint density at radius 1 is 1.41 bits per heavy atom. The Morgan fingerprint density at radius 2 is 2.06 bits per heavy atom. The summed E-state index contributed by atoms with van der Waals surface area (Å²) in [6, 6.07) is 7.53. The number of carbonyl (C=O) groups excluding carboxylic acids is 2. The number of nitrogens with one attached hydrogen (secondary N) is 1. The minimum atomic E-state index is -1.34. The number of aliphatic hydroxyl groups is 1. The average Bonchev–Trinajstić information content (AvgIpc) is 2.29. The molecule has 17 heavy (non-hydrogen) atoms. The predicted octanol–water partition coefficient (Wildman–Crippen LogP) is -0.500. The number of benzene rings is 1. The monoisotopic (exact) mass is 236 g/mol. The van der Waals surface area contributed by atoms with E-state index in [0.29, 0.717) is 0 Å². The lowest BCUT2D eigenvalue weighted by atomic mass is 10.1. The number of nitrogens with two attached hydrogens (primary N) is 1. The topological polar surface area (TPSA) is 92.4 Å². The number of amides is 2. The highest BCUT2D eigenvalue weighted by Crippen LogP contribution is 2.07. The fourth-order valence-electron chi connectivity index (χ4n) is 1.36. The van der Waals surface area contributed by atoms with E-state index in [2.05, 4.69) is 5.32 Å². The minimum Gasteiger partial charge on any atom is -0.381 e. The second-order valence-corrected chi connectivity index (χ2v) is 3.83. The fourth-order valence-corrected chi connectivity index (χ4v) is 1.36. The van der Waals surface area contributed by atoms with Gasteiger partial charge in [0.2, 0.25) is 11.8 Å². The maximum atomic E-state index is 11.5. The van der Waals surface area contributed by atoms with E-state index in [1.54, 1.807) is 0 Å². The molecule has 1 atom stereocenters. The molecule has 0 aliphatic heterocycles. The molecule has 1 aromatic rings. The third-order valence-corrected chi connectivity index (χ3v) is 2.43. The van der Waals surface area contributed by atoms with Crippen LogP contribution in [0.5, 0.6) is 0 Å². The second-order valence-electron chi connectivity index (χ2n) is 3.83. The molecule has 0 heterocycles. The third-order valence-electron chi connectivity index (χ3n) is 2.43. The highest BCUT2D eigenvalue weighted by atomic mass is 16.3. The van der Waals surface area contributed by atoms with E-state index in [4.69, 9.17) is 10.8 Å². The van der Waals surface area contributed by atoms with Crippen molar-refractivity contribution in [2.75, 3.05) is 6.54 Å². The van der Waals surface area contributed by atoms with Crippen molar-refractivity contribution in [2.45, 2.75) is 19.4 Å². The molecule has 1 aromatic carbocycles. The Kier molecular flexibility index (Phi) is 4.66. The van der Waals surface area contributed by atoms with Gasteiger partial charge in [0, 0.05) is 0 Å². The molecule has 0 bridgehead atoms. The summed E-state index contributed by atoms with van der Waals surface area (Å²) in [6.45, 7) is 1.76. The SMILES string of the molecule is Cc1ccccc1CC(=O)NCC(O)C(N)=O. The van der Waals surface area contributed by atoms with Gasteiger partial charge in [-0.1, -0.05) is 24.3 Å². The van der Waals surface area contributed by atoms with Crippen LogP contribution in [0.1, 0.15) is 11.1 Å². The van der Waals surface area contributed by atoms with Crippen molar-refractivity contribution < 1.29 is 14.7 Å². The molecule has 0 aliphatic carbocycles. The first-order valence-corrected chi connectivity index (χ1v) is 5.29. The summed E-state index contributed by atoms with van der Waals surface area (Å²) in [5, 5.41) is 11.6. The van der Waals surface area contributed by atoms with E-state index in [-0.39, 0.29) is 18.9 Å². The van der Waals surface area contributed by atoms with Crippen molar-refractivity contribution in [3.05, 3.63) is 35.4 Å². The van der Waals surface area contributed by atoms with Crippen LogP contribution in [0.3, 0.4) is 0 Å². The zero-order chi connectivity index (χ0) is 12.8. The summed E-state index contributed by atoms with van der Waals surface area (Å²) in [5.74, 6) is -1.10. The van der Waals surface area contributed by atoms with Gasteiger partial charge in [-0.05, 0) is 18.1 Å². The van der Waals surface area contributed by atoms with Gasteiger partial charge in [-0.15, -0.1) is 0 Å². The zero-order valence-electron chi connectivity index (χ0n) is 9.64. The van der Waals surface area contributed by atoms with Crippen LogP contribution in [-0.2, 0) is 16.0 Å². The summed E-state index contributed by atoms with van der Waals surface area (Å²) < 4.78 is 0. The van der Waals surface area contributed by atoms with E-state index in [0.717, 1.165) is 11.1 Å². The van der Waals surface area contributed by atoms with Gasteiger partial charge in [0.15, 0.2) is 0 Å². The molecule has 1 unspecified atom stereocenters. The normalized spacial score (nSPS) is 11.9. The molecule has 2 amide bonds. The largest absolute Gasteiger partial charge is 0.381 e. The molecular formula is C12H16N2O3. The Hall–Kier alpha value is -1.88. The van der Waals surface area contributed by atoms with Gasteiger partial charge < -0.3 is 16.2 Å². The molecule has 4 N–H and O–H groups in total. The average molecular weight is 236 g/mol. The van der Waals surface area contributed by atoms with Crippen LogP contribution in [0.15, 0.2) is 24.3 Å². The van der Waals surface area contributed by atoms with Crippen LogP contribution in [-0.4, -0.2) is 29.6 Å². The van der Waals surface area contributed by atoms with Gasteiger partial charge in [-0.25, -0.2) is 0 Å². The minimum absolute atomic E-state index is 0.153. The van der Waals surface area contributed by atoms with Gasteiger partial charge in [-0.3, -0.25) is 9.59 Å². The lowest BCUT2D eigenvalue weighted by Crippen LogP contribution is -2.40. The van der Waals surface area contributed by atoms with Crippen LogP contribution < -0.4 is 11.1 Å². The molecule has 0 radical (unpaired) electrons. The standard InChI is InChI=1S/C12H16N2O3/c1-8-4-2-3-5-9(8)6-11(16)14-7-10(15)12(13)17/h2-5,10,15H,6-7H2,1H3,(H2,13,17)(H,14,16). The second kappa shape index (κ2) is 6.00. The van der Waals surface area contributed by atoms with E-state index >= 15 is 0 Å². The van der Waals surface area contributed by atoms with Gasteiger partial charge in [0.05, 0.1) is 13.0 Å². The molecule has 92 valence electrons. The number of aliphatic hydroxyl groups excluding tert-OH is 1. The highest BCUT2D eigenvalue weighted by Gasteiger charge is 2.12. The lowest BCUT2D eigenvalue weighted by Gasteiger charge is -2.09. The van der Waals surface area contributed by atoms with Crippen molar-refractivity contribution in [3.8, 4) is 0 Å². The van der Waals surface area contributed by atoms with Crippen LogP contribution in [0.4, 0.5) is 0 Å². The molecule has 0 fully saturated rings. The number of carbonyl (C=O) groups is 2. The highest BCUT2D eigenvalue weighted by molar-refractivity contribution is 5.82. The number of rotatable bonds is 5. The lowest BCUT2D eigenvalue weighted by molar-refractivity contribution is -0.126. The number of aryl methyl sites for hydroxylation is 1. The zero-order valence-corrected chi connectivity index (χ0v) is 9.64. The third kappa shape index (κ3) is 4.24. The molecular weight excluding hydrogens is 220 g/mol. The summed E-state index contributed by atoms with van der Waals surface area (Å²) in [5.41, 5.74) is 6.80. The quantitative estimate of drug-likeness (QED) is 0.643. The smallest absolute Gasteiger partial charge is 0.248 e. The molecule has 0 spiro atoms. The van der Waals surface area contributed by atoms with Crippen LogP contribution in [0.2, 0.25) is 0 Å². The van der Waals surface area contributed by atoms with E-state index in [1.165, 1.54) is 0 Å². The van der Waals surface area contributed by atoms with Crippen LogP contribution in [0.25, 0.3) is 0 Å². The van der Waals surface area contributed by atoms with Crippen LogP contribution in [0, 0.1) is 6.92 Å². The molecule has 0 saturated heterocycles. The molecule has 5 heteroatoms. The first-order chi connectivity index (χ1) is 8.00. The molecule has 1 rings (SSSR count).